The maximum Gasteiger partial charge on any atom is 0.335 e. The van der Waals surface area contributed by atoms with Gasteiger partial charge in [0.2, 0.25) is 0 Å². The van der Waals surface area contributed by atoms with Gasteiger partial charge in [0.15, 0.2) is 12.7 Å². The fourth-order valence-electron chi connectivity index (χ4n) is 2.20. The normalized spacial score (nSPS) is 16.5. The Morgan fingerprint density at radius 1 is 1.21 bits per heavy atom. The molecule has 1 aliphatic rings. The number of ether oxygens (including phenoxy) is 4. The fourth-order valence-corrected chi connectivity index (χ4v) is 2.20. The first kappa shape index (κ1) is 18.1. The van der Waals surface area contributed by atoms with E-state index in [1.54, 1.807) is 12.1 Å². The van der Waals surface area contributed by atoms with Crippen molar-refractivity contribution < 1.29 is 28.5 Å². The maximum absolute atomic E-state index is 11.6. The zero-order valence-electron chi connectivity index (χ0n) is 13.8. The average Bonchev–Trinajstić information content (AvgIpc) is 3.13. The first-order valence-corrected chi connectivity index (χ1v) is 8.09. The SMILES string of the molecule is CCOc1ccc(OCCNC(=O)COC(=O)[C@@H]2CCCO2)cc1. The number of amides is 1. The van der Waals surface area contributed by atoms with E-state index in [4.69, 9.17) is 18.9 Å². The van der Waals surface area contributed by atoms with Crippen molar-refractivity contribution in [3.05, 3.63) is 24.3 Å². The quantitative estimate of drug-likeness (QED) is 0.540. The van der Waals surface area contributed by atoms with Crippen LogP contribution < -0.4 is 14.8 Å². The van der Waals surface area contributed by atoms with E-state index in [-0.39, 0.29) is 12.5 Å². The molecular weight excluding hydrogens is 314 g/mol. The van der Waals surface area contributed by atoms with Gasteiger partial charge in [-0.2, -0.15) is 0 Å². The smallest absolute Gasteiger partial charge is 0.335 e. The summed E-state index contributed by atoms with van der Waals surface area (Å²) in [6.45, 7) is 3.44. The molecule has 0 aliphatic carbocycles. The van der Waals surface area contributed by atoms with Gasteiger partial charge in [-0.1, -0.05) is 0 Å². The topological polar surface area (TPSA) is 83.1 Å². The number of carbonyl (C=O) groups is 2. The Hall–Kier alpha value is -2.28. The highest BCUT2D eigenvalue weighted by molar-refractivity contribution is 5.82. The van der Waals surface area contributed by atoms with E-state index in [9.17, 15) is 9.59 Å². The lowest BCUT2D eigenvalue weighted by Gasteiger charge is -2.10. The summed E-state index contributed by atoms with van der Waals surface area (Å²) in [6, 6.07) is 7.25. The van der Waals surface area contributed by atoms with Gasteiger partial charge in [-0.05, 0) is 44.0 Å². The summed E-state index contributed by atoms with van der Waals surface area (Å²) in [7, 11) is 0. The predicted octanol–water partition coefficient (Wildman–Crippen LogP) is 1.30. The number of rotatable bonds is 9. The van der Waals surface area contributed by atoms with Crippen LogP contribution in [0.1, 0.15) is 19.8 Å². The third kappa shape index (κ3) is 6.08. The lowest BCUT2D eigenvalue weighted by molar-refractivity contribution is -0.157. The second-order valence-corrected chi connectivity index (χ2v) is 5.21. The van der Waals surface area contributed by atoms with E-state index < -0.39 is 12.1 Å². The highest BCUT2D eigenvalue weighted by Crippen LogP contribution is 2.17. The molecule has 0 aromatic heterocycles. The number of hydrogen-bond acceptors (Lipinski definition) is 6. The lowest BCUT2D eigenvalue weighted by atomic mass is 10.2. The van der Waals surface area contributed by atoms with E-state index in [1.807, 2.05) is 19.1 Å². The van der Waals surface area contributed by atoms with Crippen LogP contribution in [0.3, 0.4) is 0 Å². The predicted molar refractivity (Wildman–Crippen MR) is 86.0 cm³/mol. The third-order valence-corrected chi connectivity index (χ3v) is 3.37. The van der Waals surface area contributed by atoms with Crippen LogP contribution in [0.15, 0.2) is 24.3 Å². The summed E-state index contributed by atoms with van der Waals surface area (Å²) < 4.78 is 20.9. The molecule has 0 unspecified atom stereocenters. The zero-order chi connectivity index (χ0) is 17.2. The van der Waals surface area contributed by atoms with Gasteiger partial charge in [-0.3, -0.25) is 4.79 Å². The van der Waals surface area contributed by atoms with Crippen LogP contribution in [0.25, 0.3) is 0 Å². The second kappa shape index (κ2) is 9.77. The molecule has 1 heterocycles. The first-order chi connectivity index (χ1) is 11.7. The Balaban J connectivity index is 1.56. The van der Waals surface area contributed by atoms with E-state index >= 15 is 0 Å². The van der Waals surface area contributed by atoms with Gasteiger partial charge in [0, 0.05) is 6.61 Å². The number of nitrogens with one attached hydrogen (secondary N) is 1. The molecule has 0 bridgehead atoms. The van der Waals surface area contributed by atoms with Gasteiger partial charge in [-0.25, -0.2) is 4.79 Å². The number of carbonyl (C=O) groups excluding carboxylic acids is 2. The minimum atomic E-state index is -0.527. The largest absolute Gasteiger partial charge is 0.494 e. The van der Waals surface area contributed by atoms with Gasteiger partial charge >= 0.3 is 5.97 Å². The summed E-state index contributed by atoms with van der Waals surface area (Å²) in [6.07, 6.45) is 0.964. The van der Waals surface area contributed by atoms with Crippen molar-refractivity contribution in [3.63, 3.8) is 0 Å². The van der Waals surface area contributed by atoms with Crippen molar-refractivity contribution >= 4 is 11.9 Å². The molecule has 1 atom stereocenters. The Labute approximate surface area is 141 Å². The number of esters is 1. The molecule has 1 aliphatic heterocycles. The number of hydrogen-bond donors (Lipinski definition) is 1. The fraction of sp³-hybridized carbons (Fsp3) is 0.529. The molecule has 0 radical (unpaired) electrons. The Kier molecular flexibility index (Phi) is 7.35. The highest BCUT2D eigenvalue weighted by Gasteiger charge is 2.25. The van der Waals surface area contributed by atoms with Crippen LogP contribution in [0, 0.1) is 0 Å². The molecule has 1 saturated heterocycles. The summed E-state index contributed by atoms with van der Waals surface area (Å²) >= 11 is 0. The molecule has 1 N–H and O–H groups in total. The molecular formula is C17H23NO6. The molecule has 7 nitrogen and oxygen atoms in total. The molecule has 24 heavy (non-hydrogen) atoms. The molecule has 132 valence electrons. The zero-order valence-corrected chi connectivity index (χ0v) is 13.8. The minimum absolute atomic E-state index is 0.304. The van der Waals surface area contributed by atoms with Crippen LogP contribution in [-0.4, -0.2) is 51.0 Å². The molecule has 7 heteroatoms. The van der Waals surface area contributed by atoms with E-state index in [0.29, 0.717) is 38.5 Å². The first-order valence-electron chi connectivity index (χ1n) is 8.09. The van der Waals surface area contributed by atoms with Crippen molar-refractivity contribution in [2.75, 3.05) is 33.0 Å². The van der Waals surface area contributed by atoms with Gasteiger partial charge in [-0.15, -0.1) is 0 Å². The Morgan fingerprint density at radius 3 is 2.54 bits per heavy atom. The number of benzene rings is 1. The molecule has 1 aromatic carbocycles. The maximum atomic E-state index is 11.6. The lowest BCUT2D eigenvalue weighted by Crippen LogP contribution is -2.33. The average molecular weight is 337 g/mol. The van der Waals surface area contributed by atoms with Crippen LogP contribution in [0.2, 0.25) is 0 Å². The molecule has 0 saturated carbocycles. The van der Waals surface area contributed by atoms with E-state index in [2.05, 4.69) is 5.32 Å². The van der Waals surface area contributed by atoms with Gasteiger partial charge in [0.1, 0.15) is 18.1 Å². The van der Waals surface area contributed by atoms with Crippen molar-refractivity contribution in [1.82, 2.24) is 5.32 Å². The molecule has 2 rings (SSSR count). The van der Waals surface area contributed by atoms with Gasteiger partial charge in [0.25, 0.3) is 5.91 Å². The van der Waals surface area contributed by atoms with Gasteiger partial charge in [0.05, 0.1) is 13.2 Å². The second-order valence-electron chi connectivity index (χ2n) is 5.21. The van der Waals surface area contributed by atoms with Crippen molar-refractivity contribution in [2.45, 2.75) is 25.9 Å². The summed E-state index contributed by atoms with van der Waals surface area (Å²) in [5, 5.41) is 2.62. The van der Waals surface area contributed by atoms with Crippen LogP contribution in [0.5, 0.6) is 11.5 Å². The molecule has 1 amide bonds. The minimum Gasteiger partial charge on any atom is -0.494 e. The third-order valence-electron chi connectivity index (χ3n) is 3.37. The van der Waals surface area contributed by atoms with E-state index in [0.717, 1.165) is 12.2 Å². The van der Waals surface area contributed by atoms with Crippen molar-refractivity contribution in [2.24, 2.45) is 0 Å². The van der Waals surface area contributed by atoms with Crippen molar-refractivity contribution in [1.29, 1.82) is 0 Å². The van der Waals surface area contributed by atoms with Gasteiger partial charge < -0.3 is 24.3 Å². The van der Waals surface area contributed by atoms with Crippen LogP contribution in [0.4, 0.5) is 0 Å². The summed E-state index contributed by atoms with van der Waals surface area (Å²) in [4.78, 5) is 23.2. The molecule has 0 spiro atoms. The van der Waals surface area contributed by atoms with Crippen molar-refractivity contribution in [3.8, 4) is 11.5 Å². The van der Waals surface area contributed by atoms with Crippen LogP contribution in [-0.2, 0) is 19.1 Å². The summed E-state index contributed by atoms with van der Waals surface area (Å²) in [5.41, 5.74) is 0. The molecule has 1 aromatic rings. The standard InChI is InChI=1S/C17H23NO6/c1-2-21-13-5-7-14(8-6-13)22-11-9-18-16(19)12-24-17(20)15-4-3-10-23-15/h5-8,15H,2-4,9-12H2,1H3,(H,18,19)/t15-/m0/s1. The highest BCUT2D eigenvalue weighted by atomic mass is 16.6. The monoisotopic (exact) mass is 337 g/mol. The summed E-state index contributed by atoms with van der Waals surface area (Å²) in [5.74, 6) is 0.633. The molecule has 1 fully saturated rings. The van der Waals surface area contributed by atoms with Crippen LogP contribution >= 0.6 is 0 Å². The Morgan fingerprint density at radius 2 is 1.92 bits per heavy atom. The van der Waals surface area contributed by atoms with E-state index in [1.165, 1.54) is 0 Å². The Bertz CT molecular complexity index is 524.